The number of ether oxygens (including phenoxy) is 2. The largest absolute Gasteiger partial charge is 0.444 e. The van der Waals surface area contributed by atoms with Crippen LogP contribution in [0.2, 0.25) is 30.7 Å². The third-order valence-corrected chi connectivity index (χ3v) is 8.32. The Morgan fingerprint density at radius 3 is 2.62 bits per heavy atom. The maximum atomic E-state index is 15.2. The zero-order valence-corrected chi connectivity index (χ0v) is 26.0. The first-order chi connectivity index (χ1) is 18.7. The number of fused-ring (bicyclic) bond motifs is 1. The molecule has 4 heterocycles. The van der Waals surface area contributed by atoms with Gasteiger partial charge in [-0.3, -0.25) is 4.68 Å². The van der Waals surface area contributed by atoms with Gasteiger partial charge in [0.25, 0.3) is 0 Å². The zero-order valence-electron chi connectivity index (χ0n) is 24.3. The van der Waals surface area contributed by atoms with E-state index in [0.29, 0.717) is 40.1 Å². The molecule has 2 atom stereocenters. The van der Waals surface area contributed by atoms with Crippen molar-refractivity contribution >= 4 is 54.3 Å². The van der Waals surface area contributed by atoms with E-state index in [9.17, 15) is 4.79 Å². The summed E-state index contributed by atoms with van der Waals surface area (Å²) in [5.74, 6) is 0.654. The van der Waals surface area contributed by atoms with E-state index in [1.807, 2.05) is 17.7 Å². The molecule has 1 fully saturated rings. The molecule has 40 heavy (non-hydrogen) atoms. The predicted molar refractivity (Wildman–Crippen MR) is 158 cm³/mol. The van der Waals surface area contributed by atoms with Gasteiger partial charge in [-0.1, -0.05) is 31.2 Å². The zero-order chi connectivity index (χ0) is 29.2. The fourth-order valence-electron chi connectivity index (χ4n) is 4.22. The van der Waals surface area contributed by atoms with Gasteiger partial charge in [0.15, 0.2) is 5.65 Å². The predicted octanol–water partition coefficient (Wildman–Crippen LogP) is 5.73. The van der Waals surface area contributed by atoms with E-state index >= 15 is 4.39 Å². The molecule has 0 spiro atoms. The van der Waals surface area contributed by atoms with Crippen molar-refractivity contribution in [2.75, 3.05) is 30.3 Å². The quantitative estimate of drug-likeness (QED) is 0.226. The Hall–Kier alpha value is -2.90. The summed E-state index contributed by atoms with van der Waals surface area (Å²) in [6.07, 6.45) is 3.39. The van der Waals surface area contributed by atoms with Gasteiger partial charge in [0.2, 0.25) is 5.95 Å². The number of aromatic nitrogens is 5. The molecule has 0 aliphatic carbocycles. The first-order valence-corrected chi connectivity index (χ1v) is 17.6. The van der Waals surface area contributed by atoms with Gasteiger partial charge in [0.1, 0.15) is 24.3 Å². The number of amides is 1. The first kappa shape index (κ1) is 30.1. The van der Waals surface area contributed by atoms with Crippen LogP contribution in [0.1, 0.15) is 27.7 Å². The SMILES string of the molecule is CCn1cc(Nc2nc(N[C@H]3CN(C(=O)OC(C)(C)C)C[C@@H]3F)c3c(Cl)cn(COCC[Si](C)(C)C)c3n2)cn1. The van der Waals surface area contributed by atoms with Crippen molar-refractivity contribution in [1.29, 1.82) is 0 Å². The van der Waals surface area contributed by atoms with Crippen LogP contribution in [0.3, 0.4) is 0 Å². The molecule has 0 bridgehead atoms. The van der Waals surface area contributed by atoms with Crippen LogP contribution in [-0.2, 0) is 22.7 Å². The Kier molecular flexibility index (Phi) is 8.95. The fourth-order valence-corrected chi connectivity index (χ4v) is 5.27. The highest BCUT2D eigenvalue weighted by molar-refractivity contribution is 6.76. The molecule has 220 valence electrons. The topological polar surface area (TPSA) is 111 Å². The van der Waals surface area contributed by atoms with Gasteiger partial charge in [0.05, 0.1) is 34.9 Å². The Morgan fingerprint density at radius 2 is 1.98 bits per heavy atom. The van der Waals surface area contributed by atoms with Gasteiger partial charge in [-0.15, -0.1) is 0 Å². The maximum Gasteiger partial charge on any atom is 0.410 e. The van der Waals surface area contributed by atoms with Crippen molar-refractivity contribution in [2.45, 2.75) is 84.5 Å². The number of rotatable bonds is 10. The second-order valence-electron chi connectivity index (χ2n) is 12.3. The van der Waals surface area contributed by atoms with Crippen molar-refractivity contribution in [3.05, 3.63) is 23.6 Å². The standard InChI is InChI=1S/C26H40ClFN8O3Si/c1-8-36-12-17(11-29-36)30-24-32-22(31-20-15-34(14-19(20)28)25(37)39-26(2,3)4)21-18(27)13-35(23(21)33-24)16-38-9-10-40(5,6)7/h11-13,19-20H,8-10,14-16H2,1-7H3,(H2,30,31,32,33)/t19-,20-/m0/s1. The number of hydrogen-bond acceptors (Lipinski definition) is 8. The molecule has 0 unspecified atom stereocenters. The maximum absolute atomic E-state index is 15.2. The summed E-state index contributed by atoms with van der Waals surface area (Å²) in [5.41, 5.74) is 0.578. The number of likely N-dealkylation sites (tertiary alicyclic amines) is 1. The summed E-state index contributed by atoms with van der Waals surface area (Å²) in [5, 5.41) is 11.6. The van der Waals surface area contributed by atoms with Gasteiger partial charge in [-0.25, -0.2) is 9.18 Å². The third kappa shape index (κ3) is 7.64. The van der Waals surface area contributed by atoms with E-state index in [-0.39, 0.29) is 19.8 Å². The van der Waals surface area contributed by atoms with E-state index in [1.54, 1.807) is 37.8 Å². The Bertz CT molecular complexity index is 1340. The van der Waals surface area contributed by atoms with E-state index in [4.69, 9.17) is 26.1 Å². The van der Waals surface area contributed by atoms with Crippen molar-refractivity contribution in [1.82, 2.24) is 29.2 Å². The van der Waals surface area contributed by atoms with Gasteiger partial charge in [-0.2, -0.15) is 15.1 Å². The Labute approximate surface area is 240 Å². The molecule has 1 amide bonds. The fraction of sp³-hybridized carbons (Fsp3) is 0.615. The van der Waals surface area contributed by atoms with Crippen molar-refractivity contribution < 1.29 is 18.7 Å². The van der Waals surface area contributed by atoms with Gasteiger partial charge >= 0.3 is 6.09 Å². The van der Waals surface area contributed by atoms with Crippen molar-refractivity contribution in [2.24, 2.45) is 0 Å². The summed E-state index contributed by atoms with van der Waals surface area (Å²) >= 11 is 6.67. The molecule has 14 heteroatoms. The normalized spacial score (nSPS) is 18.0. The number of anilines is 3. The van der Waals surface area contributed by atoms with Crippen LogP contribution in [-0.4, -0.2) is 80.9 Å². The van der Waals surface area contributed by atoms with Crippen LogP contribution < -0.4 is 10.6 Å². The second-order valence-corrected chi connectivity index (χ2v) is 18.3. The van der Waals surface area contributed by atoms with Crippen molar-refractivity contribution in [3.8, 4) is 0 Å². The lowest BCUT2D eigenvalue weighted by Crippen LogP contribution is -2.36. The van der Waals surface area contributed by atoms with Crippen LogP contribution in [0.15, 0.2) is 18.6 Å². The number of nitrogens with one attached hydrogen (secondary N) is 2. The number of carbonyl (C=O) groups excluding carboxylic acids is 1. The number of alkyl halides is 1. The monoisotopic (exact) mass is 594 g/mol. The molecular weight excluding hydrogens is 555 g/mol. The lowest BCUT2D eigenvalue weighted by Gasteiger charge is -2.24. The van der Waals surface area contributed by atoms with Crippen LogP contribution in [0.25, 0.3) is 11.0 Å². The first-order valence-electron chi connectivity index (χ1n) is 13.5. The van der Waals surface area contributed by atoms with Crippen molar-refractivity contribution in [3.63, 3.8) is 0 Å². The molecule has 3 aromatic heterocycles. The summed E-state index contributed by atoms with van der Waals surface area (Å²) < 4.78 is 30.2. The molecule has 11 nitrogen and oxygen atoms in total. The molecule has 1 aliphatic heterocycles. The van der Waals surface area contributed by atoms with Gasteiger partial charge in [-0.05, 0) is 33.7 Å². The minimum Gasteiger partial charge on any atom is -0.444 e. The van der Waals surface area contributed by atoms with E-state index < -0.39 is 32.0 Å². The minimum absolute atomic E-state index is 0.0816. The lowest BCUT2D eigenvalue weighted by atomic mass is 10.2. The molecule has 0 saturated carbocycles. The van der Waals surface area contributed by atoms with Gasteiger partial charge in [0, 0.05) is 40.2 Å². The number of hydrogen-bond donors (Lipinski definition) is 2. The highest BCUT2D eigenvalue weighted by atomic mass is 35.5. The summed E-state index contributed by atoms with van der Waals surface area (Å²) in [6.45, 7) is 15.9. The van der Waals surface area contributed by atoms with E-state index in [2.05, 4.69) is 40.4 Å². The molecule has 0 aromatic carbocycles. The lowest BCUT2D eigenvalue weighted by molar-refractivity contribution is 0.0283. The number of nitrogens with zero attached hydrogens (tertiary/aromatic N) is 6. The average Bonchev–Trinajstić information content (AvgIpc) is 3.53. The number of carbonyl (C=O) groups is 1. The molecule has 1 saturated heterocycles. The Morgan fingerprint density at radius 1 is 1.23 bits per heavy atom. The molecule has 3 aromatic rings. The van der Waals surface area contributed by atoms with E-state index in [1.165, 1.54) is 4.90 Å². The van der Waals surface area contributed by atoms with Crippen LogP contribution >= 0.6 is 11.6 Å². The van der Waals surface area contributed by atoms with E-state index in [0.717, 1.165) is 12.6 Å². The highest BCUT2D eigenvalue weighted by Crippen LogP contribution is 2.33. The smallest absolute Gasteiger partial charge is 0.410 e. The van der Waals surface area contributed by atoms with Crippen LogP contribution in [0, 0.1) is 0 Å². The average molecular weight is 595 g/mol. The second kappa shape index (κ2) is 11.9. The molecular formula is C26H40ClFN8O3Si. The summed E-state index contributed by atoms with van der Waals surface area (Å²) in [4.78, 5) is 23.3. The van der Waals surface area contributed by atoms with Gasteiger partial charge < -0.3 is 29.6 Å². The third-order valence-electron chi connectivity index (χ3n) is 6.33. The molecule has 1 aliphatic rings. The van der Waals surface area contributed by atoms with Crippen LogP contribution in [0.5, 0.6) is 0 Å². The number of halogens is 2. The summed E-state index contributed by atoms with van der Waals surface area (Å²) in [7, 11) is -1.25. The van der Waals surface area contributed by atoms with Crippen LogP contribution in [0.4, 0.5) is 26.6 Å². The minimum atomic E-state index is -1.33. The number of aryl methyl sites for hydroxylation is 1. The highest BCUT2D eigenvalue weighted by Gasteiger charge is 2.38. The molecule has 4 rings (SSSR count). The summed E-state index contributed by atoms with van der Waals surface area (Å²) in [6, 6.07) is 0.317. The molecule has 0 radical (unpaired) electrons. The Balaban J connectivity index is 1.62. The molecule has 2 N–H and O–H groups in total.